The number of piperidine rings is 1. The largest absolute Gasteiger partial charge is 0.482 e. The third kappa shape index (κ3) is 4.97. The highest BCUT2D eigenvalue weighted by Gasteiger charge is 2.23. The molecule has 8 nitrogen and oxygen atoms in total. The van der Waals surface area contributed by atoms with Crippen molar-refractivity contribution in [1.29, 1.82) is 0 Å². The Labute approximate surface area is 168 Å². The highest BCUT2D eigenvalue weighted by Crippen LogP contribution is 2.27. The number of nitrogens with one attached hydrogen (secondary N) is 1. The van der Waals surface area contributed by atoms with Crippen LogP contribution in [0.5, 0.6) is 5.75 Å². The summed E-state index contributed by atoms with van der Waals surface area (Å²) in [5.41, 5.74) is 2.94. The normalized spacial score (nSPS) is 17.2. The maximum Gasteiger partial charge on any atom is 0.341 e. The molecule has 29 heavy (non-hydrogen) atoms. The molecule has 8 heteroatoms. The number of nitrogens with zero attached hydrogens (tertiary/aromatic N) is 4. The van der Waals surface area contributed by atoms with Gasteiger partial charge >= 0.3 is 5.97 Å². The number of carbonyl (C=O) groups is 1. The lowest BCUT2D eigenvalue weighted by molar-refractivity contribution is -0.139. The second kappa shape index (κ2) is 8.83. The lowest BCUT2D eigenvalue weighted by atomic mass is 9.94. The van der Waals surface area contributed by atoms with E-state index in [4.69, 9.17) is 14.8 Å². The molecule has 2 aromatic heterocycles. The van der Waals surface area contributed by atoms with Crippen molar-refractivity contribution >= 4 is 5.97 Å². The number of hydrogen-bond acceptors (Lipinski definition) is 6. The maximum absolute atomic E-state index is 10.6. The first-order valence-corrected chi connectivity index (χ1v) is 9.65. The quantitative estimate of drug-likeness (QED) is 0.636. The molecule has 0 bridgehead atoms. The van der Waals surface area contributed by atoms with Crippen molar-refractivity contribution < 1.29 is 14.6 Å². The summed E-state index contributed by atoms with van der Waals surface area (Å²) in [6.45, 7) is 2.47. The molecule has 3 heterocycles. The number of imidazole rings is 1. The molecule has 3 aromatic rings. The van der Waals surface area contributed by atoms with E-state index in [1.807, 2.05) is 30.5 Å². The first-order valence-electron chi connectivity index (χ1n) is 9.65. The fraction of sp³-hybridized carbons (Fsp3) is 0.333. The number of hydrogen-bond donors (Lipinski definition) is 2. The minimum atomic E-state index is -0.979. The number of carboxylic acids is 1. The third-order valence-electron chi connectivity index (χ3n) is 5.01. The average Bonchev–Trinajstić information content (AvgIpc) is 3.29. The molecule has 1 saturated heterocycles. The van der Waals surface area contributed by atoms with Gasteiger partial charge in [-0.05, 0) is 37.1 Å². The minimum Gasteiger partial charge on any atom is -0.482 e. The van der Waals surface area contributed by atoms with Crippen molar-refractivity contribution in [3.8, 4) is 17.3 Å². The second-order valence-corrected chi connectivity index (χ2v) is 7.17. The molecule has 150 valence electrons. The van der Waals surface area contributed by atoms with Crippen LogP contribution in [0.4, 0.5) is 0 Å². The van der Waals surface area contributed by atoms with E-state index in [1.165, 1.54) is 5.56 Å². The minimum absolute atomic E-state index is 0.328. The molecule has 0 aliphatic carbocycles. The molecule has 1 aliphatic rings. The summed E-state index contributed by atoms with van der Waals surface area (Å²) in [4.78, 5) is 29.5. The monoisotopic (exact) mass is 393 g/mol. The number of H-pyrrole nitrogens is 1. The van der Waals surface area contributed by atoms with E-state index >= 15 is 0 Å². The summed E-state index contributed by atoms with van der Waals surface area (Å²) in [6, 6.07) is 7.60. The molecule has 1 aromatic carbocycles. The zero-order valence-corrected chi connectivity index (χ0v) is 16.0. The molecule has 0 spiro atoms. The summed E-state index contributed by atoms with van der Waals surface area (Å²) >= 11 is 0. The average molecular weight is 393 g/mol. The first-order chi connectivity index (χ1) is 14.2. The van der Waals surface area contributed by atoms with Gasteiger partial charge in [0.1, 0.15) is 11.4 Å². The van der Waals surface area contributed by atoms with E-state index in [2.05, 4.69) is 19.9 Å². The van der Waals surface area contributed by atoms with Crippen LogP contribution < -0.4 is 4.74 Å². The van der Waals surface area contributed by atoms with E-state index in [9.17, 15) is 4.79 Å². The maximum atomic E-state index is 10.6. The van der Waals surface area contributed by atoms with Crippen LogP contribution in [-0.2, 0) is 11.3 Å². The van der Waals surface area contributed by atoms with Gasteiger partial charge in [0.25, 0.3) is 0 Å². The smallest absolute Gasteiger partial charge is 0.341 e. The number of ether oxygens (including phenoxy) is 1. The summed E-state index contributed by atoms with van der Waals surface area (Å²) in [5.74, 6) is 0.659. The number of aliphatic carboxylic acids is 1. The summed E-state index contributed by atoms with van der Waals surface area (Å²) in [5, 5.41) is 8.69. The molecule has 1 aliphatic heterocycles. The fourth-order valence-electron chi connectivity index (χ4n) is 3.63. The van der Waals surface area contributed by atoms with Crippen molar-refractivity contribution in [2.75, 3.05) is 19.7 Å². The SMILES string of the molecule is O=C(O)COc1ccc(CN2CCCC(c3cncc(-c4ncc[nH]4)n3)C2)cc1. The zero-order valence-electron chi connectivity index (χ0n) is 16.0. The van der Waals surface area contributed by atoms with E-state index < -0.39 is 5.97 Å². The van der Waals surface area contributed by atoms with Gasteiger partial charge in [0, 0.05) is 37.6 Å². The standard InChI is InChI=1S/C21H23N5O3/c27-20(28)14-29-17-5-3-15(4-6-17)12-26-9-1-2-16(13-26)18-10-22-11-19(25-18)21-23-7-8-24-21/h3-8,10-11,16H,1-2,9,12-14H2,(H,23,24)(H,27,28). The van der Waals surface area contributed by atoms with E-state index in [-0.39, 0.29) is 6.61 Å². The molecule has 4 rings (SSSR count). The Balaban J connectivity index is 1.39. The zero-order chi connectivity index (χ0) is 20.1. The highest BCUT2D eigenvalue weighted by molar-refractivity contribution is 5.68. The van der Waals surface area contributed by atoms with Gasteiger partial charge in [0.05, 0.1) is 11.9 Å². The van der Waals surface area contributed by atoms with Crippen molar-refractivity contribution in [2.45, 2.75) is 25.3 Å². The van der Waals surface area contributed by atoms with Crippen molar-refractivity contribution in [1.82, 2.24) is 24.8 Å². The van der Waals surface area contributed by atoms with E-state index in [0.717, 1.165) is 49.7 Å². The number of benzene rings is 1. The van der Waals surface area contributed by atoms with Gasteiger partial charge in [0.15, 0.2) is 12.4 Å². The van der Waals surface area contributed by atoms with Crippen molar-refractivity contribution in [3.05, 3.63) is 60.3 Å². The predicted octanol–water partition coefficient (Wildman–Crippen LogP) is 2.71. The Hall–Kier alpha value is -3.26. The van der Waals surface area contributed by atoms with Crippen LogP contribution in [0, 0.1) is 0 Å². The Morgan fingerprint density at radius 2 is 2.14 bits per heavy atom. The molecule has 0 radical (unpaired) electrons. The lowest BCUT2D eigenvalue weighted by Crippen LogP contribution is -2.34. The predicted molar refractivity (Wildman–Crippen MR) is 106 cm³/mol. The number of likely N-dealkylation sites (tertiary alicyclic amines) is 1. The number of carboxylic acid groups (broad SMARTS) is 1. The van der Waals surface area contributed by atoms with Gasteiger partial charge in [-0.1, -0.05) is 12.1 Å². The fourth-order valence-corrected chi connectivity index (χ4v) is 3.63. The van der Waals surface area contributed by atoms with Gasteiger partial charge in [-0.2, -0.15) is 0 Å². The Bertz CT molecular complexity index is 943. The van der Waals surface area contributed by atoms with Crippen LogP contribution in [0.15, 0.2) is 49.1 Å². The van der Waals surface area contributed by atoms with E-state index in [1.54, 1.807) is 18.6 Å². The van der Waals surface area contributed by atoms with Gasteiger partial charge in [0.2, 0.25) is 0 Å². The van der Waals surface area contributed by atoms with Crippen molar-refractivity contribution in [3.63, 3.8) is 0 Å². The number of aromatic amines is 1. The van der Waals surface area contributed by atoms with Crippen LogP contribution in [0.25, 0.3) is 11.5 Å². The molecule has 1 unspecified atom stereocenters. The first kappa shape index (κ1) is 19.1. The second-order valence-electron chi connectivity index (χ2n) is 7.17. The summed E-state index contributed by atoms with van der Waals surface area (Å²) in [7, 11) is 0. The lowest BCUT2D eigenvalue weighted by Gasteiger charge is -2.32. The van der Waals surface area contributed by atoms with Crippen LogP contribution in [0.1, 0.15) is 30.0 Å². The Morgan fingerprint density at radius 1 is 1.28 bits per heavy atom. The van der Waals surface area contributed by atoms with E-state index in [0.29, 0.717) is 11.7 Å². The molecule has 0 amide bonds. The van der Waals surface area contributed by atoms with Gasteiger partial charge in [-0.15, -0.1) is 0 Å². The third-order valence-corrected chi connectivity index (χ3v) is 5.01. The number of rotatable bonds is 7. The van der Waals surface area contributed by atoms with Crippen LogP contribution >= 0.6 is 0 Å². The van der Waals surface area contributed by atoms with Gasteiger partial charge < -0.3 is 14.8 Å². The summed E-state index contributed by atoms with van der Waals surface area (Å²) < 4.78 is 5.19. The van der Waals surface area contributed by atoms with Crippen LogP contribution in [0.3, 0.4) is 0 Å². The van der Waals surface area contributed by atoms with Gasteiger partial charge in [-0.25, -0.2) is 14.8 Å². The highest BCUT2D eigenvalue weighted by atomic mass is 16.5. The Kier molecular flexibility index (Phi) is 5.81. The number of aromatic nitrogens is 4. The van der Waals surface area contributed by atoms with Crippen LogP contribution in [0.2, 0.25) is 0 Å². The molecule has 2 N–H and O–H groups in total. The molecule has 1 fully saturated rings. The molecule has 0 saturated carbocycles. The van der Waals surface area contributed by atoms with Gasteiger partial charge in [-0.3, -0.25) is 9.88 Å². The molecular weight excluding hydrogens is 370 g/mol. The van der Waals surface area contributed by atoms with Crippen molar-refractivity contribution in [2.24, 2.45) is 0 Å². The van der Waals surface area contributed by atoms with Crippen LogP contribution in [-0.4, -0.2) is 55.6 Å². The molecule has 1 atom stereocenters. The summed E-state index contributed by atoms with van der Waals surface area (Å²) in [6.07, 6.45) is 9.28. The topological polar surface area (TPSA) is 104 Å². The molecular formula is C21H23N5O3. The Morgan fingerprint density at radius 3 is 2.90 bits per heavy atom.